The van der Waals surface area contributed by atoms with Crippen LogP contribution in [0.5, 0.6) is 0 Å². The number of anilines is 1. The molecule has 0 aromatic heterocycles. The smallest absolute Gasteiger partial charge is 0.338 e. The van der Waals surface area contributed by atoms with E-state index in [9.17, 15) is 14.4 Å². The molecule has 1 saturated heterocycles. The lowest BCUT2D eigenvalue weighted by Gasteiger charge is -2.14. The van der Waals surface area contributed by atoms with Crippen LogP contribution in [-0.2, 0) is 14.3 Å². The Labute approximate surface area is 144 Å². The van der Waals surface area contributed by atoms with E-state index in [0.717, 1.165) is 10.6 Å². The van der Waals surface area contributed by atoms with Gasteiger partial charge in [-0.15, -0.1) is 0 Å². The van der Waals surface area contributed by atoms with Gasteiger partial charge in [0.05, 0.1) is 17.9 Å². The van der Waals surface area contributed by atoms with Crippen molar-refractivity contribution in [2.45, 2.75) is 6.92 Å². The fraction of sp³-hybridized carbons (Fsp3) is 0.105. The number of amides is 2. The number of rotatable bonds is 4. The van der Waals surface area contributed by atoms with E-state index in [1.165, 1.54) is 0 Å². The fourth-order valence-electron chi connectivity index (χ4n) is 2.42. The summed E-state index contributed by atoms with van der Waals surface area (Å²) in [5, 5.41) is 1.16. The molecule has 0 unspecified atom stereocenters. The van der Waals surface area contributed by atoms with Crippen molar-refractivity contribution in [2.75, 3.05) is 11.6 Å². The summed E-state index contributed by atoms with van der Waals surface area (Å²) in [5.41, 5.74) is 4.18. The Morgan fingerprint density at radius 2 is 1.76 bits per heavy atom. The first-order valence-corrected chi connectivity index (χ1v) is 7.79. The van der Waals surface area contributed by atoms with Crippen molar-refractivity contribution in [1.29, 1.82) is 0 Å². The third kappa shape index (κ3) is 3.42. The molecule has 1 fully saturated rings. The topological polar surface area (TPSA) is 75.7 Å². The van der Waals surface area contributed by atoms with E-state index in [-0.39, 0.29) is 12.2 Å². The summed E-state index contributed by atoms with van der Waals surface area (Å²) >= 11 is 0. The maximum Gasteiger partial charge on any atom is 0.338 e. The number of carbonyl (C=O) groups is 3. The number of carbonyl (C=O) groups excluding carboxylic acids is 3. The number of ether oxygens (including phenoxy) is 1. The third-order valence-electron chi connectivity index (χ3n) is 3.64. The lowest BCUT2D eigenvalue weighted by molar-refractivity contribution is -0.117. The van der Waals surface area contributed by atoms with Gasteiger partial charge in [0, 0.05) is 0 Å². The zero-order valence-electron chi connectivity index (χ0n) is 13.6. The average Bonchev–Trinajstić information content (AvgIpc) is 2.91. The number of nitrogens with zero attached hydrogens (tertiary/aromatic N) is 1. The van der Waals surface area contributed by atoms with E-state index in [1.54, 1.807) is 37.3 Å². The van der Waals surface area contributed by atoms with Crippen LogP contribution in [0, 0.1) is 0 Å². The summed E-state index contributed by atoms with van der Waals surface area (Å²) in [6.07, 6.45) is 1.55. The quantitative estimate of drug-likeness (QED) is 0.528. The number of hydrazine groups is 1. The highest BCUT2D eigenvalue weighted by atomic mass is 16.5. The molecule has 1 N–H and O–H groups in total. The summed E-state index contributed by atoms with van der Waals surface area (Å²) in [6.45, 7) is 2.01. The summed E-state index contributed by atoms with van der Waals surface area (Å²) in [5.74, 6) is -1.35. The van der Waals surface area contributed by atoms with Gasteiger partial charge in [0.25, 0.3) is 11.8 Å². The first-order chi connectivity index (χ1) is 12.1. The highest BCUT2D eigenvalue weighted by Gasteiger charge is 2.34. The minimum Gasteiger partial charge on any atom is -0.462 e. The SMILES string of the molecule is CCOC(=O)c1ccc(N2NC(=O)C(=Cc3ccccc3)C2=O)cc1. The molecule has 0 radical (unpaired) electrons. The monoisotopic (exact) mass is 336 g/mol. The fourth-order valence-corrected chi connectivity index (χ4v) is 2.42. The van der Waals surface area contributed by atoms with Gasteiger partial charge in [-0.25, -0.2) is 9.80 Å². The van der Waals surface area contributed by atoms with Crippen LogP contribution >= 0.6 is 0 Å². The number of nitrogens with one attached hydrogen (secondary N) is 1. The van der Waals surface area contributed by atoms with Crippen LogP contribution in [0.4, 0.5) is 5.69 Å². The van der Waals surface area contributed by atoms with Gasteiger partial charge in [-0.3, -0.25) is 15.0 Å². The molecular weight excluding hydrogens is 320 g/mol. The molecule has 6 nitrogen and oxygen atoms in total. The van der Waals surface area contributed by atoms with Crippen molar-refractivity contribution in [3.8, 4) is 0 Å². The molecule has 1 aliphatic heterocycles. The largest absolute Gasteiger partial charge is 0.462 e. The molecule has 25 heavy (non-hydrogen) atoms. The second-order valence-corrected chi connectivity index (χ2v) is 5.32. The second kappa shape index (κ2) is 7.00. The van der Waals surface area contributed by atoms with Crippen molar-refractivity contribution in [1.82, 2.24) is 5.43 Å². The molecule has 0 aliphatic carbocycles. The predicted molar refractivity (Wildman–Crippen MR) is 92.4 cm³/mol. The Morgan fingerprint density at radius 3 is 2.40 bits per heavy atom. The second-order valence-electron chi connectivity index (χ2n) is 5.32. The normalized spacial score (nSPS) is 15.4. The molecule has 3 rings (SSSR count). The van der Waals surface area contributed by atoms with Crippen molar-refractivity contribution >= 4 is 29.5 Å². The van der Waals surface area contributed by atoms with Crippen LogP contribution in [0.1, 0.15) is 22.8 Å². The predicted octanol–water partition coefficient (Wildman–Crippen LogP) is 2.32. The van der Waals surface area contributed by atoms with Crippen LogP contribution in [-0.4, -0.2) is 24.4 Å². The molecule has 2 aromatic rings. The zero-order chi connectivity index (χ0) is 17.8. The van der Waals surface area contributed by atoms with E-state index in [1.807, 2.05) is 30.3 Å². The van der Waals surface area contributed by atoms with Crippen LogP contribution < -0.4 is 10.4 Å². The lowest BCUT2D eigenvalue weighted by atomic mass is 10.1. The minimum absolute atomic E-state index is 0.0562. The van der Waals surface area contributed by atoms with Crippen LogP contribution in [0.15, 0.2) is 60.2 Å². The lowest BCUT2D eigenvalue weighted by Crippen LogP contribution is -2.35. The Kier molecular flexibility index (Phi) is 4.61. The summed E-state index contributed by atoms with van der Waals surface area (Å²) in [4.78, 5) is 36.3. The standard InChI is InChI=1S/C19H16N2O4/c1-2-25-19(24)14-8-10-15(11-9-14)21-18(23)16(17(22)20-21)12-13-6-4-3-5-7-13/h3-12H,2H2,1H3,(H,20,22). The average molecular weight is 336 g/mol. The molecule has 2 amide bonds. The molecule has 6 heteroatoms. The van der Waals surface area contributed by atoms with Gasteiger partial charge in [0.1, 0.15) is 5.57 Å². The Balaban J connectivity index is 1.82. The van der Waals surface area contributed by atoms with Gasteiger partial charge in [0.2, 0.25) is 0 Å². The van der Waals surface area contributed by atoms with Gasteiger partial charge in [-0.2, -0.15) is 0 Å². The van der Waals surface area contributed by atoms with Gasteiger partial charge >= 0.3 is 5.97 Å². The van der Waals surface area contributed by atoms with Crippen molar-refractivity contribution in [3.63, 3.8) is 0 Å². The molecule has 0 saturated carbocycles. The molecule has 0 bridgehead atoms. The highest BCUT2D eigenvalue weighted by molar-refractivity contribution is 6.31. The third-order valence-corrected chi connectivity index (χ3v) is 3.64. The highest BCUT2D eigenvalue weighted by Crippen LogP contribution is 2.22. The van der Waals surface area contributed by atoms with E-state index < -0.39 is 17.8 Å². The molecule has 0 atom stereocenters. The molecule has 126 valence electrons. The van der Waals surface area contributed by atoms with Crippen molar-refractivity contribution in [3.05, 3.63) is 71.3 Å². The van der Waals surface area contributed by atoms with Crippen LogP contribution in [0.25, 0.3) is 6.08 Å². The van der Waals surface area contributed by atoms with E-state index in [2.05, 4.69) is 5.43 Å². The number of esters is 1. The first kappa shape index (κ1) is 16.4. The Morgan fingerprint density at radius 1 is 1.08 bits per heavy atom. The van der Waals surface area contributed by atoms with E-state index in [4.69, 9.17) is 4.74 Å². The van der Waals surface area contributed by atoms with Gasteiger partial charge in [0.15, 0.2) is 0 Å². The minimum atomic E-state index is -0.469. The summed E-state index contributed by atoms with van der Waals surface area (Å²) < 4.78 is 4.92. The Hall–Kier alpha value is -3.41. The summed E-state index contributed by atoms with van der Waals surface area (Å²) in [7, 11) is 0. The van der Waals surface area contributed by atoms with Gasteiger partial charge in [-0.05, 0) is 42.8 Å². The van der Waals surface area contributed by atoms with Gasteiger partial charge < -0.3 is 4.74 Å². The first-order valence-electron chi connectivity index (χ1n) is 7.79. The number of hydrogen-bond acceptors (Lipinski definition) is 4. The maximum absolute atomic E-state index is 12.5. The van der Waals surface area contributed by atoms with Crippen LogP contribution in [0.3, 0.4) is 0 Å². The Bertz CT molecular complexity index is 841. The summed E-state index contributed by atoms with van der Waals surface area (Å²) in [6, 6.07) is 15.4. The molecule has 1 aliphatic rings. The molecule has 1 heterocycles. The number of benzene rings is 2. The number of hydrogen-bond donors (Lipinski definition) is 1. The van der Waals surface area contributed by atoms with Crippen molar-refractivity contribution < 1.29 is 19.1 Å². The van der Waals surface area contributed by atoms with Crippen LogP contribution in [0.2, 0.25) is 0 Å². The van der Waals surface area contributed by atoms with E-state index in [0.29, 0.717) is 11.3 Å². The van der Waals surface area contributed by atoms with Gasteiger partial charge in [-0.1, -0.05) is 30.3 Å². The van der Waals surface area contributed by atoms with E-state index >= 15 is 0 Å². The molecule has 0 spiro atoms. The van der Waals surface area contributed by atoms with Crippen molar-refractivity contribution in [2.24, 2.45) is 0 Å². The molecule has 2 aromatic carbocycles. The molecular formula is C19H16N2O4. The zero-order valence-corrected chi connectivity index (χ0v) is 13.6. The maximum atomic E-state index is 12.5.